The third-order valence-electron chi connectivity index (χ3n) is 2.61. The summed E-state index contributed by atoms with van der Waals surface area (Å²) in [6.45, 7) is 5.63. The second kappa shape index (κ2) is 4.26. The largest absolute Gasteiger partial charge is 0.379 e. The van der Waals surface area contributed by atoms with Crippen LogP contribution in [0.2, 0.25) is 6.04 Å². The maximum Gasteiger partial charge on any atom is 0.0591 e. The minimum atomic E-state index is 0.0468. The van der Waals surface area contributed by atoms with Gasteiger partial charge in [0.25, 0.3) is 0 Å². The van der Waals surface area contributed by atoms with Gasteiger partial charge in [-0.05, 0) is 26.2 Å². The van der Waals surface area contributed by atoms with Gasteiger partial charge < -0.3 is 4.74 Å². The maximum atomic E-state index is 5.83. The van der Waals surface area contributed by atoms with Gasteiger partial charge in [-0.15, -0.1) is 0 Å². The summed E-state index contributed by atoms with van der Waals surface area (Å²) >= 11 is 0. The maximum absolute atomic E-state index is 5.83. The van der Waals surface area contributed by atoms with E-state index in [4.69, 9.17) is 4.74 Å². The molecule has 1 saturated heterocycles. The first kappa shape index (κ1) is 9.27. The molecule has 2 heteroatoms. The predicted octanol–water partition coefficient (Wildman–Crippen LogP) is 1.90. The van der Waals surface area contributed by atoms with E-state index >= 15 is 0 Å². The Hall–Kier alpha value is 0.177. The highest BCUT2D eigenvalue weighted by Crippen LogP contribution is 2.24. The van der Waals surface area contributed by atoms with Crippen molar-refractivity contribution in [2.45, 2.75) is 50.8 Å². The van der Waals surface area contributed by atoms with Gasteiger partial charge in [-0.25, -0.2) is 0 Å². The number of hydrogen-bond donors (Lipinski definition) is 0. The normalized spacial score (nSPS) is 33.3. The summed E-state index contributed by atoms with van der Waals surface area (Å²) in [5.74, 6) is 0. The van der Waals surface area contributed by atoms with Crippen LogP contribution in [0.25, 0.3) is 0 Å². The Balaban J connectivity index is 2.25. The van der Waals surface area contributed by atoms with E-state index < -0.39 is 0 Å². The van der Waals surface area contributed by atoms with Gasteiger partial charge >= 0.3 is 0 Å². The van der Waals surface area contributed by atoms with Crippen LogP contribution < -0.4 is 0 Å². The van der Waals surface area contributed by atoms with E-state index in [1.165, 1.54) is 31.7 Å². The van der Waals surface area contributed by atoms with Crippen LogP contribution in [-0.2, 0) is 4.74 Å². The Kier molecular flexibility index (Phi) is 3.59. The number of hydrogen-bond acceptors (Lipinski definition) is 1. The van der Waals surface area contributed by atoms with Crippen LogP contribution in [0.3, 0.4) is 0 Å². The zero-order valence-corrected chi connectivity index (χ0v) is 9.27. The molecule has 66 valence electrons. The van der Waals surface area contributed by atoms with Crippen LogP contribution >= 0.6 is 0 Å². The Labute approximate surface area is 72.3 Å². The number of ether oxygens (including phenoxy) is 1. The first-order valence-electron chi connectivity index (χ1n) is 4.91. The summed E-state index contributed by atoms with van der Waals surface area (Å²) in [6.07, 6.45) is 5.37. The number of rotatable bonds is 3. The van der Waals surface area contributed by atoms with Gasteiger partial charge in [0, 0.05) is 11.8 Å². The molecule has 1 aliphatic rings. The Morgan fingerprint density at radius 1 is 1.45 bits per heavy atom. The van der Waals surface area contributed by atoms with Gasteiger partial charge in [0.1, 0.15) is 0 Å². The van der Waals surface area contributed by atoms with Gasteiger partial charge in [-0.1, -0.05) is 19.4 Å². The molecule has 0 radical (unpaired) electrons. The molecule has 1 unspecified atom stereocenters. The summed E-state index contributed by atoms with van der Waals surface area (Å²) in [5.41, 5.74) is 0. The molecule has 0 aliphatic carbocycles. The van der Waals surface area contributed by atoms with E-state index in [2.05, 4.69) is 13.8 Å². The predicted molar refractivity (Wildman–Crippen MR) is 51.9 cm³/mol. The molecule has 1 heterocycles. The van der Waals surface area contributed by atoms with Crippen LogP contribution in [0.4, 0.5) is 0 Å². The van der Waals surface area contributed by atoms with Crippen molar-refractivity contribution in [2.24, 2.45) is 0 Å². The van der Waals surface area contributed by atoms with E-state index in [0.717, 1.165) is 6.61 Å². The van der Waals surface area contributed by atoms with E-state index in [1.807, 2.05) is 0 Å². The van der Waals surface area contributed by atoms with Crippen LogP contribution in [-0.4, -0.2) is 21.4 Å². The zero-order valence-electron chi connectivity index (χ0n) is 7.86. The minimum Gasteiger partial charge on any atom is -0.379 e. The smallest absolute Gasteiger partial charge is 0.0591 e. The third-order valence-corrected chi connectivity index (χ3v) is 5.29. The van der Waals surface area contributed by atoms with Crippen molar-refractivity contribution < 1.29 is 4.74 Å². The van der Waals surface area contributed by atoms with E-state index in [0.29, 0.717) is 5.22 Å². The standard InChI is InChI=1S/C9H20OSi/c1-3-8-11-9(2)6-4-5-7-10-9/h3-8,11H2,1-2H3. The lowest BCUT2D eigenvalue weighted by molar-refractivity contribution is -0.00731. The first-order valence-corrected chi connectivity index (χ1v) is 6.61. The van der Waals surface area contributed by atoms with Crippen LogP contribution in [0.5, 0.6) is 0 Å². The molecule has 1 nitrogen and oxygen atoms in total. The average Bonchev–Trinajstić information content (AvgIpc) is 2.03. The van der Waals surface area contributed by atoms with E-state index in [1.54, 1.807) is 0 Å². The fourth-order valence-electron chi connectivity index (χ4n) is 1.74. The molecule has 1 rings (SSSR count). The molecule has 0 saturated carbocycles. The highest BCUT2D eigenvalue weighted by atomic mass is 28.2. The molecule has 0 aromatic heterocycles. The summed E-state index contributed by atoms with van der Waals surface area (Å²) in [6, 6.07) is 1.45. The molecule has 0 amide bonds. The van der Waals surface area contributed by atoms with Crippen molar-refractivity contribution >= 4 is 9.52 Å². The quantitative estimate of drug-likeness (QED) is 0.591. The molecular weight excluding hydrogens is 152 g/mol. The molecule has 0 N–H and O–H groups in total. The van der Waals surface area contributed by atoms with Crippen molar-refractivity contribution in [3.8, 4) is 0 Å². The van der Waals surface area contributed by atoms with Crippen LogP contribution in [0.1, 0.15) is 39.5 Å². The Morgan fingerprint density at radius 3 is 2.82 bits per heavy atom. The Bertz CT molecular complexity index is 108. The fourth-order valence-corrected chi connectivity index (χ4v) is 3.63. The zero-order chi connectivity index (χ0) is 8.16. The van der Waals surface area contributed by atoms with Gasteiger partial charge in [0.2, 0.25) is 0 Å². The monoisotopic (exact) mass is 172 g/mol. The molecule has 0 aromatic rings. The highest BCUT2D eigenvalue weighted by Gasteiger charge is 2.26. The highest BCUT2D eigenvalue weighted by molar-refractivity contribution is 6.39. The van der Waals surface area contributed by atoms with Crippen molar-refractivity contribution in [2.75, 3.05) is 6.61 Å². The second-order valence-electron chi connectivity index (χ2n) is 3.86. The van der Waals surface area contributed by atoms with Gasteiger partial charge in [0.05, 0.1) is 9.52 Å². The SMILES string of the molecule is CCC[SiH2]C1(C)CCCCO1. The van der Waals surface area contributed by atoms with Crippen molar-refractivity contribution in [3.63, 3.8) is 0 Å². The molecule has 1 aliphatic heterocycles. The lowest BCUT2D eigenvalue weighted by Gasteiger charge is -2.33. The molecule has 1 atom stereocenters. The molecule has 0 bridgehead atoms. The van der Waals surface area contributed by atoms with Crippen molar-refractivity contribution in [3.05, 3.63) is 0 Å². The topological polar surface area (TPSA) is 9.23 Å². The van der Waals surface area contributed by atoms with Crippen LogP contribution in [0, 0.1) is 0 Å². The summed E-state index contributed by atoms with van der Waals surface area (Å²) in [7, 11) is 0.0468. The van der Waals surface area contributed by atoms with E-state index in [9.17, 15) is 0 Å². The summed E-state index contributed by atoms with van der Waals surface area (Å²) < 4.78 is 5.83. The summed E-state index contributed by atoms with van der Waals surface area (Å²) in [5, 5.41) is 0.369. The molecule has 11 heavy (non-hydrogen) atoms. The third kappa shape index (κ3) is 2.95. The van der Waals surface area contributed by atoms with Crippen LogP contribution in [0.15, 0.2) is 0 Å². The Morgan fingerprint density at radius 2 is 2.27 bits per heavy atom. The fraction of sp³-hybridized carbons (Fsp3) is 1.00. The van der Waals surface area contributed by atoms with Gasteiger partial charge in [0.15, 0.2) is 0 Å². The molecule has 0 aromatic carbocycles. The van der Waals surface area contributed by atoms with Gasteiger partial charge in [-0.2, -0.15) is 0 Å². The summed E-state index contributed by atoms with van der Waals surface area (Å²) in [4.78, 5) is 0. The lowest BCUT2D eigenvalue weighted by Crippen LogP contribution is -2.38. The van der Waals surface area contributed by atoms with E-state index in [-0.39, 0.29) is 9.52 Å². The second-order valence-corrected chi connectivity index (χ2v) is 6.56. The first-order chi connectivity index (χ1) is 5.27. The average molecular weight is 172 g/mol. The minimum absolute atomic E-state index is 0.0468. The lowest BCUT2D eigenvalue weighted by atomic mass is 10.1. The molecular formula is C9H20OSi. The van der Waals surface area contributed by atoms with Gasteiger partial charge in [-0.3, -0.25) is 0 Å². The molecule has 1 fully saturated rings. The molecule has 0 spiro atoms. The van der Waals surface area contributed by atoms with Crippen molar-refractivity contribution in [1.82, 2.24) is 0 Å². The van der Waals surface area contributed by atoms with Crippen molar-refractivity contribution in [1.29, 1.82) is 0 Å².